The van der Waals surface area contributed by atoms with Crippen molar-refractivity contribution in [2.75, 3.05) is 24.0 Å². The fourth-order valence-corrected chi connectivity index (χ4v) is 4.00. The number of nitrogens with zero attached hydrogens (tertiary/aromatic N) is 2. The van der Waals surface area contributed by atoms with Crippen LogP contribution in [0.15, 0.2) is 77.8 Å². The fourth-order valence-electron chi connectivity index (χ4n) is 3.24. The lowest BCUT2D eigenvalue weighted by molar-refractivity contribution is -0.120. The number of amides is 2. The summed E-state index contributed by atoms with van der Waals surface area (Å²) in [5, 5.41) is 1.90. The fraction of sp³-hybridized carbons (Fsp3) is 0.0909. The number of carbonyl (C=O) groups excluding carboxylic acids is 2. The van der Waals surface area contributed by atoms with Crippen LogP contribution >= 0.6 is 11.3 Å². The highest BCUT2D eigenvalue weighted by atomic mass is 32.1. The summed E-state index contributed by atoms with van der Waals surface area (Å²) in [6.45, 7) is 0. The minimum Gasteiger partial charge on any atom is -0.497 e. The SMILES string of the molecule is COc1cccc(N2C(=O)C(c3cccs3)=C(N(C)c3ccccc3)C2=O)c1. The van der Waals surface area contributed by atoms with Crippen molar-refractivity contribution in [3.8, 4) is 5.75 Å². The molecule has 0 spiro atoms. The smallest absolute Gasteiger partial charge is 0.282 e. The quantitative estimate of drug-likeness (QED) is 0.614. The summed E-state index contributed by atoms with van der Waals surface area (Å²) in [5.74, 6) is -0.105. The largest absolute Gasteiger partial charge is 0.497 e. The molecule has 0 bridgehead atoms. The second kappa shape index (κ2) is 7.32. The summed E-state index contributed by atoms with van der Waals surface area (Å²) in [6.07, 6.45) is 0. The van der Waals surface area contributed by atoms with E-state index in [-0.39, 0.29) is 11.8 Å². The summed E-state index contributed by atoms with van der Waals surface area (Å²) in [7, 11) is 3.36. The van der Waals surface area contributed by atoms with E-state index in [2.05, 4.69) is 0 Å². The van der Waals surface area contributed by atoms with Crippen molar-refractivity contribution in [2.45, 2.75) is 0 Å². The average molecular weight is 390 g/mol. The monoisotopic (exact) mass is 390 g/mol. The Kier molecular flexibility index (Phi) is 4.71. The van der Waals surface area contributed by atoms with Crippen molar-refractivity contribution >= 4 is 40.1 Å². The molecule has 2 aromatic carbocycles. The molecule has 0 unspecified atom stereocenters. The molecule has 0 atom stereocenters. The van der Waals surface area contributed by atoms with E-state index in [1.54, 1.807) is 43.3 Å². The number of para-hydroxylation sites is 1. The van der Waals surface area contributed by atoms with Crippen LogP contribution in [-0.2, 0) is 9.59 Å². The van der Waals surface area contributed by atoms with Gasteiger partial charge < -0.3 is 9.64 Å². The van der Waals surface area contributed by atoms with Gasteiger partial charge in [0.25, 0.3) is 11.8 Å². The molecule has 0 saturated heterocycles. The number of methoxy groups -OCH3 is 1. The Hall–Kier alpha value is -3.38. The number of thiophene rings is 1. The standard InChI is InChI=1S/C22H18N2O3S/c1-23(15-8-4-3-5-9-15)20-19(18-12-7-13-28-18)21(25)24(22(20)26)16-10-6-11-17(14-16)27-2/h3-14H,1-2H3. The maximum absolute atomic E-state index is 13.4. The van der Waals surface area contributed by atoms with Crippen molar-refractivity contribution in [1.29, 1.82) is 0 Å². The number of ether oxygens (including phenoxy) is 1. The third kappa shape index (κ3) is 2.97. The molecule has 1 aliphatic heterocycles. The van der Waals surface area contributed by atoms with Crippen LogP contribution in [0.1, 0.15) is 4.88 Å². The summed E-state index contributed by atoms with van der Waals surface area (Å²) in [5.41, 5.74) is 2.09. The van der Waals surface area contributed by atoms with Crippen LogP contribution in [0.25, 0.3) is 5.57 Å². The first-order chi connectivity index (χ1) is 13.6. The highest BCUT2D eigenvalue weighted by molar-refractivity contribution is 7.11. The molecule has 2 heterocycles. The number of benzene rings is 2. The molecule has 28 heavy (non-hydrogen) atoms. The molecule has 2 amide bonds. The number of hydrogen-bond donors (Lipinski definition) is 0. The van der Waals surface area contributed by atoms with Gasteiger partial charge in [0.05, 0.1) is 18.4 Å². The first-order valence-corrected chi connectivity index (χ1v) is 9.59. The van der Waals surface area contributed by atoms with E-state index in [1.807, 2.05) is 47.8 Å². The summed E-state index contributed by atoms with van der Waals surface area (Å²) in [6, 6.07) is 20.2. The second-order valence-electron chi connectivity index (χ2n) is 6.24. The number of anilines is 2. The van der Waals surface area contributed by atoms with Gasteiger partial charge in [-0.25, -0.2) is 4.90 Å². The number of rotatable bonds is 5. The minimum atomic E-state index is -0.354. The molecule has 6 heteroatoms. The molecule has 3 aromatic rings. The van der Waals surface area contributed by atoms with E-state index >= 15 is 0 Å². The molecule has 0 N–H and O–H groups in total. The Morgan fingerprint density at radius 3 is 2.39 bits per heavy atom. The van der Waals surface area contributed by atoms with E-state index in [9.17, 15) is 9.59 Å². The van der Waals surface area contributed by atoms with Crippen molar-refractivity contribution < 1.29 is 14.3 Å². The zero-order valence-corrected chi connectivity index (χ0v) is 16.3. The Balaban J connectivity index is 1.84. The van der Waals surface area contributed by atoms with E-state index in [1.165, 1.54) is 16.2 Å². The van der Waals surface area contributed by atoms with E-state index in [0.717, 1.165) is 10.6 Å². The van der Waals surface area contributed by atoms with E-state index < -0.39 is 0 Å². The van der Waals surface area contributed by atoms with Gasteiger partial charge in [-0.2, -0.15) is 0 Å². The van der Waals surface area contributed by atoms with E-state index in [0.29, 0.717) is 22.7 Å². The van der Waals surface area contributed by atoms with Crippen LogP contribution in [0.4, 0.5) is 11.4 Å². The first kappa shape index (κ1) is 18.0. The highest BCUT2D eigenvalue weighted by Gasteiger charge is 2.42. The molecule has 0 aliphatic carbocycles. The number of carbonyl (C=O) groups is 2. The van der Waals surface area contributed by atoms with Crippen molar-refractivity contribution in [3.63, 3.8) is 0 Å². The summed E-state index contributed by atoms with van der Waals surface area (Å²) < 4.78 is 5.26. The van der Waals surface area contributed by atoms with Gasteiger partial charge in [0.2, 0.25) is 0 Å². The van der Waals surface area contributed by atoms with Crippen LogP contribution in [0.2, 0.25) is 0 Å². The molecule has 5 nitrogen and oxygen atoms in total. The van der Waals surface area contributed by atoms with Gasteiger partial charge >= 0.3 is 0 Å². The summed E-state index contributed by atoms with van der Waals surface area (Å²) in [4.78, 5) is 30.5. The topological polar surface area (TPSA) is 49.9 Å². The van der Waals surface area contributed by atoms with Crippen LogP contribution in [-0.4, -0.2) is 26.0 Å². The molecule has 0 saturated carbocycles. The van der Waals surface area contributed by atoms with Gasteiger partial charge in [0, 0.05) is 23.7 Å². The van der Waals surface area contributed by atoms with Crippen molar-refractivity contribution in [1.82, 2.24) is 0 Å². The maximum atomic E-state index is 13.4. The summed E-state index contributed by atoms with van der Waals surface area (Å²) >= 11 is 1.44. The third-order valence-corrected chi connectivity index (χ3v) is 5.50. The zero-order valence-electron chi connectivity index (χ0n) is 15.5. The molecule has 4 rings (SSSR count). The van der Waals surface area contributed by atoms with Crippen LogP contribution in [0.5, 0.6) is 5.75 Å². The van der Waals surface area contributed by atoms with Gasteiger partial charge in [0.15, 0.2) is 0 Å². The number of imide groups is 1. The normalized spacial score (nSPS) is 14.0. The first-order valence-electron chi connectivity index (χ1n) is 8.71. The van der Waals surface area contributed by atoms with Crippen LogP contribution in [0.3, 0.4) is 0 Å². The van der Waals surface area contributed by atoms with Gasteiger partial charge in [-0.15, -0.1) is 11.3 Å². The minimum absolute atomic E-state index is 0.335. The number of likely N-dealkylation sites (N-methyl/N-ethyl adjacent to an activating group) is 1. The number of hydrogen-bond acceptors (Lipinski definition) is 5. The second-order valence-corrected chi connectivity index (χ2v) is 7.19. The molecule has 1 aliphatic rings. The lowest BCUT2D eigenvalue weighted by atomic mass is 10.1. The Labute approximate surface area is 167 Å². The predicted octanol–water partition coefficient (Wildman–Crippen LogP) is 4.18. The average Bonchev–Trinajstić information content (AvgIpc) is 3.34. The maximum Gasteiger partial charge on any atom is 0.282 e. The lowest BCUT2D eigenvalue weighted by Gasteiger charge is -2.21. The van der Waals surface area contributed by atoms with Gasteiger partial charge in [-0.3, -0.25) is 9.59 Å². The molecular formula is C22H18N2O3S. The lowest BCUT2D eigenvalue weighted by Crippen LogP contribution is -2.34. The van der Waals surface area contributed by atoms with E-state index in [4.69, 9.17) is 4.74 Å². The zero-order chi connectivity index (χ0) is 19.7. The molecule has 0 radical (unpaired) electrons. The van der Waals surface area contributed by atoms with Gasteiger partial charge in [-0.1, -0.05) is 30.3 Å². The molecule has 0 fully saturated rings. The van der Waals surface area contributed by atoms with Crippen molar-refractivity contribution in [2.24, 2.45) is 0 Å². The Morgan fingerprint density at radius 2 is 1.71 bits per heavy atom. The molecule has 1 aromatic heterocycles. The third-order valence-electron chi connectivity index (χ3n) is 4.62. The van der Waals surface area contributed by atoms with Crippen LogP contribution in [0, 0.1) is 0 Å². The Bertz CT molecular complexity index is 1060. The molecular weight excluding hydrogens is 372 g/mol. The van der Waals surface area contributed by atoms with Crippen molar-refractivity contribution in [3.05, 3.63) is 82.7 Å². The highest BCUT2D eigenvalue weighted by Crippen LogP contribution is 2.38. The van der Waals surface area contributed by atoms with Gasteiger partial charge in [-0.05, 0) is 35.7 Å². The van der Waals surface area contributed by atoms with Crippen LogP contribution < -0.4 is 14.5 Å². The van der Waals surface area contributed by atoms with Gasteiger partial charge in [0.1, 0.15) is 11.4 Å². The predicted molar refractivity (Wildman–Crippen MR) is 112 cm³/mol. The molecule has 140 valence electrons. The Morgan fingerprint density at radius 1 is 0.929 bits per heavy atom.